The highest BCUT2D eigenvalue weighted by molar-refractivity contribution is 14.0. The Kier molecular flexibility index (Phi) is 18.1. The van der Waals surface area contributed by atoms with Crippen LogP contribution in [0.4, 0.5) is 0 Å². The van der Waals surface area contributed by atoms with E-state index in [0.29, 0.717) is 5.50 Å². The predicted molar refractivity (Wildman–Crippen MR) is 127 cm³/mol. The maximum Gasteiger partial charge on any atom is 0.149 e. The smallest absolute Gasteiger partial charge is 0.149 e. The monoisotopic (exact) mass is 482 g/mol. The summed E-state index contributed by atoms with van der Waals surface area (Å²) >= 11 is 2.07. The molecule has 0 saturated heterocycles. The van der Waals surface area contributed by atoms with Crippen molar-refractivity contribution < 1.29 is 0 Å². The van der Waals surface area contributed by atoms with Gasteiger partial charge in [-0.25, -0.2) is 0 Å². The standard InChI is InChI=1S/C21H42N2S.HI/c1-4-5-6-7-8-9-10-11-12-13-14-15-16-17-20-24-21-22(2)18-19-23(21)3;/h18-19,21H,4-17,20H2,1-3H3;1H. The van der Waals surface area contributed by atoms with Crippen LogP contribution >= 0.6 is 35.7 Å². The zero-order valence-corrected chi connectivity index (χ0v) is 20.2. The van der Waals surface area contributed by atoms with Crippen LogP contribution in [-0.2, 0) is 0 Å². The van der Waals surface area contributed by atoms with Crippen LogP contribution in [0.5, 0.6) is 0 Å². The van der Waals surface area contributed by atoms with Gasteiger partial charge in [0, 0.05) is 26.5 Å². The van der Waals surface area contributed by atoms with Crippen molar-refractivity contribution in [3.05, 3.63) is 12.4 Å². The van der Waals surface area contributed by atoms with Crippen LogP contribution in [0.25, 0.3) is 0 Å². The van der Waals surface area contributed by atoms with Crippen molar-refractivity contribution in [1.29, 1.82) is 0 Å². The zero-order valence-electron chi connectivity index (χ0n) is 17.0. The summed E-state index contributed by atoms with van der Waals surface area (Å²) in [5.41, 5.74) is 0.520. The molecule has 0 spiro atoms. The van der Waals surface area contributed by atoms with Crippen molar-refractivity contribution in [1.82, 2.24) is 9.80 Å². The van der Waals surface area contributed by atoms with Crippen molar-refractivity contribution in [2.45, 2.75) is 102 Å². The minimum Gasteiger partial charge on any atom is -0.351 e. The molecule has 0 amide bonds. The summed E-state index contributed by atoms with van der Waals surface area (Å²) in [4.78, 5) is 4.60. The van der Waals surface area contributed by atoms with Crippen molar-refractivity contribution in [3.8, 4) is 0 Å². The van der Waals surface area contributed by atoms with Crippen LogP contribution in [0.2, 0.25) is 0 Å². The van der Waals surface area contributed by atoms with Gasteiger partial charge in [-0.3, -0.25) is 0 Å². The molecular weight excluding hydrogens is 439 g/mol. The molecule has 0 aromatic rings. The van der Waals surface area contributed by atoms with E-state index in [2.05, 4.69) is 55.0 Å². The summed E-state index contributed by atoms with van der Waals surface area (Å²) < 4.78 is 0. The van der Waals surface area contributed by atoms with Crippen molar-refractivity contribution in [2.24, 2.45) is 0 Å². The molecule has 150 valence electrons. The number of hydrogen-bond acceptors (Lipinski definition) is 3. The molecule has 0 unspecified atom stereocenters. The van der Waals surface area contributed by atoms with Crippen LogP contribution in [-0.4, -0.2) is 35.1 Å². The van der Waals surface area contributed by atoms with E-state index in [1.54, 1.807) is 0 Å². The first-order chi connectivity index (χ1) is 11.8. The lowest BCUT2D eigenvalue weighted by Gasteiger charge is -2.26. The lowest BCUT2D eigenvalue weighted by molar-refractivity contribution is 0.301. The quantitative estimate of drug-likeness (QED) is 0.167. The van der Waals surface area contributed by atoms with Gasteiger partial charge in [0.1, 0.15) is 5.50 Å². The second kappa shape index (κ2) is 17.8. The molecule has 1 aliphatic heterocycles. The fourth-order valence-electron chi connectivity index (χ4n) is 3.37. The van der Waals surface area contributed by atoms with Gasteiger partial charge in [-0.15, -0.1) is 35.7 Å². The number of thioether (sulfide) groups is 1. The number of halogens is 1. The highest BCUT2D eigenvalue weighted by Gasteiger charge is 2.19. The summed E-state index contributed by atoms with van der Waals surface area (Å²) in [6.07, 6.45) is 24.5. The number of rotatable bonds is 16. The summed E-state index contributed by atoms with van der Waals surface area (Å²) in [5, 5.41) is 0. The van der Waals surface area contributed by atoms with Crippen LogP contribution in [0.1, 0.15) is 96.8 Å². The van der Waals surface area contributed by atoms with Gasteiger partial charge in [-0.05, 0) is 12.2 Å². The van der Waals surface area contributed by atoms with Gasteiger partial charge in [0.25, 0.3) is 0 Å². The third kappa shape index (κ3) is 13.3. The van der Waals surface area contributed by atoms with Gasteiger partial charge in [0.15, 0.2) is 0 Å². The topological polar surface area (TPSA) is 6.48 Å². The Hall–Kier alpha value is 0.420. The largest absolute Gasteiger partial charge is 0.351 e. The fourth-order valence-corrected chi connectivity index (χ4v) is 4.56. The van der Waals surface area contributed by atoms with E-state index in [-0.39, 0.29) is 24.0 Å². The number of unbranched alkanes of at least 4 members (excludes halogenated alkanes) is 13. The first-order valence-corrected chi connectivity index (χ1v) is 11.5. The van der Waals surface area contributed by atoms with Crippen molar-refractivity contribution in [3.63, 3.8) is 0 Å². The zero-order chi connectivity index (χ0) is 17.5. The molecule has 2 nitrogen and oxygen atoms in total. The second-order valence-corrected chi connectivity index (χ2v) is 8.59. The Morgan fingerprint density at radius 1 is 0.640 bits per heavy atom. The maximum atomic E-state index is 2.30. The third-order valence-corrected chi connectivity index (χ3v) is 6.49. The molecule has 1 rings (SSSR count). The van der Waals surface area contributed by atoms with E-state index in [0.717, 1.165) is 0 Å². The molecule has 1 heterocycles. The molecule has 4 heteroatoms. The Morgan fingerprint density at radius 3 is 1.40 bits per heavy atom. The molecule has 0 aliphatic carbocycles. The molecule has 1 aliphatic rings. The predicted octanol–water partition coefficient (Wildman–Crippen LogP) is 7.45. The highest BCUT2D eigenvalue weighted by Crippen LogP contribution is 2.24. The van der Waals surface area contributed by atoms with Gasteiger partial charge in [-0.2, -0.15) is 0 Å². The number of nitrogens with zero attached hydrogens (tertiary/aromatic N) is 2. The molecular formula is C21H43IN2S. The molecule has 0 saturated carbocycles. The Bertz CT molecular complexity index is 300. The normalized spacial score (nSPS) is 14.4. The van der Waals surface area contributed by atoms with Crippen LogP contribution in [0.3, 0.4) is 0 Å². The molecule has 0 bridgehead atoms. The minimum absolute atomic E-state index is 0. The minimum atomic E-state index is 0. The molecule has 0 atom stereocenters. The SMILES string of the molecule is CCCCCCCCCCCCCCCCSC1N(C)C=CN1C.I. The van der Waals surface area contributed by atoms with E-state index in [9.17, 15) is 0 Å². The lowest BCUT2D eigenvalue weighted by Crippen LogP contribution is -2.31. The summed E-state index contributed by atoms with van der Waals surface area (Å²) in [6.45, 7) is 2.29. The summed E-state index contributed by atoms with van der Waals surface area (Å²) in [5.74, 6) is 1.29. The first kappa shape index (κ1) is 25.4. The van der Waals surface area contributed by atoms with Crippen LogP contribution in [0.15, 0.2) is 12.4 Å². The summed E-state index contributed by atoms with van der Waals surface area (Å²) in [6, 6.07) is 0. The van der Waals surface area contributed by atoms with Gasteiger partial charge >= 0.3 is 0 Å². The molecule has 0 fully saturated rings. The van der Waals surface area contributed by atoms with Crippen LogP contribution < -0.4 is 0 Å². The van der Waals surface area contributed by atoms with Gasteiger partial charge in [-0.1, -0.05) is 90.4 Å². The number of hydrogen-bond donors (Lipinski definition) is 0. The van der Waals surface area contributed by atoms with E-state index in [1.807, 2.05) is 0 Å². The van der Waals surface area contributed by atoms with Crippen LogP contribution in [0, 0.1) is 0 Å². The second-order valence-electron chi connectivity index (χ2n) is 7.42. The fraction of sp³-hybridized carbons (Fsp3) is 0.905. The molecule has 0 radical (unpaired) electrons. The van der Waals surface area contributed by atoms with Gasteiger partial charge in [0.05, 0.1) is 0 Å². The van der Waals surface area contributed by atoms with E-state index < -0.39 is 0 Å². The Labute approximate surface area is 179 Å². The van der Waals surface area contributed by atoms with Crippen molar-refractivity contribution >= 4 is 35.7 Å². The van der Waals surface area contributed by atoms with Crippen molar-refractivity contribution in [2.75, 3.05) is 19.8 Å². The van der Waals surface area contributed by atoms with E-state index >= 15 is 0 Å². The highest BCUT2D eigenvalue weighted by atomic mass is 127. The molecule has 0 aromatic heterocycles. The van der Waals surface area contributed by atoms with Gasteiger partial charge in [0.2, 0.25) is 0 Å². The Morgan fingerprint density at radius 2 is 1.00 bits per heavy atom. The molecule has 25 heavy (non-hydrogen) atoms. The maximum absolute atomic E-state index is 2.30. The molecule has 0 N–H and O–H groups in total. The lowest BCUT2D eigenvalue weighted by atomic mass is 10.0. The van der Waals surface area contributed by atoms with E-state index in [1.165, 1.54) is 95.6 Å². The molecule has 0 aromatic carbocycles. The average Bonchev–Trinajstić information content (AvgIpc) is 2.90. The Balaban J connectivity index is 0.00000576. The summed E-state index contributed by atoms with van der Waals surface area (Å²) in [7, 11) is 4.34. The average molecular weight is 483 g/mol. The van der Waals surface area contributed by atoms with Gasteiger partial charge < -0.3 is 9.80 Å². The first-order valence-electron chi connectivity index (χ1n) is 10.5. The third-order valence-electron chi connectivity index (χ3n) is 5.00. The van der Waals surface area contributed by atoms with E-state index in [4.69, 9.17) is 0 Å².